The summed E-state index contributed by atoms with van der Waals surface area (Å²) in [4.78, 5) is 11.7. The number of carbonyl (C=O) groups excluding carboxylic acids is 1. The van der Waals surface area contributed by atoms with Gasteiger partial charge in [0.1, 0.15) is 5.78 Å². The minimum absolute atomic E-state index is 0.325. The Balaban J connectivity index is 2.27. The molecular weight excluding hydrogens is 160 g/mol. The molecule has 0 unspecified atom stereocenters. The molecular formula is C12H20O. The summed E-state index contributed by atoms with van der Waals surface area (Å²) in [6.45, 7) is 6.91. The van der Waals surface area contributed by atoms with Crippen molar-refractivity contribution in [2.45, 2.75) is 52.9 Å². The summed E-state index contributed by atoms with van der Waals surface area (Å²) in [5, 5.41) is 0. The summed E-state index contributed by atoms with van der Waals surface area (Å²) in [7, 11) is 0. The number of ketones is 1. The van der Waals surface area contributed by atoms with Crippen molar-refractivity contribution in [2.75, 3.05) is 0 Å². The molecule has 0 aromatic rings. The summed E-state index contributed by atoms with van der Waals surface area (Å²) in [5.74, 6) is 0.966. The van der Waals surface area contributed by atoms with E-state index in [0.717, 1.165) is 19.3 Å². The molecule has 2 aliphatic rings. The smallest absolute Gasteiger partial charge is 0.136 e. The Labute approximate surface area is 80.9 Å². The maximum atomic E-state index is 11.7. The predicted molar refractivity (Wildman–Crippen MR) is 53.5 cm³/mol. The molecule has 13 heavy (non-hydrogen) atoms. The predicted octanol–water partition coefficient (Wildman–Crippen LogP) is 3.18. The van der Waals surface area contributed by atoms with E-state index in [1.54, 1.807) is 0 Å². The van der Waals surface area contributed by atoms with Crippen LogP contribution in [0.1, 0.15) is 52.9 Å². The second-order valence-electron chi connectivity index (χ2n) is 5.82. The zero-order chi connectivity index (χ0) is 9.69. The van der Waals surface area contributed by atoms with Crippen molar-refractivity contribution < 1.29 is 4.79 Å². The summed E-state index contributed by atoms with van der Waals surface area (Å²) in [6.07, 6.45) is 5.71. The van der Waals surface area contributed by atoms with E-state index in [-0.39, 0.29) is 0 Å². The fraction of sp³-hybridized carbons (Fsp3) is 0.917. The summed E-state index contributed by atoms with van der Waals surface area (Å²) in [6, 6.07) is 0. The number of carbonyl (C=O) groups is 1. The van der Waals surface area contributed by atoms with Crippen molar-refractivity contribution in [2.24, 2.45) is 16.7 Å². The van der Waals surface area contributed by atoms with E-state index in [1.807, 2.05) is 0 Å². The van der Waals surface area contributed by atoms with E-state index in [4.69, 9.17) is 0 Å². The van der Waals surface area contributed by atoms with E-state index >= 15 is 0 Å². The molecule has 2 atom stereocenters. The highest BCUT2D eigenvalue weighted by atomic mass is 16.1. The topological polar surface area (TPSA) is 17.1 Å². The fourth-order valence-electron chi connectivity index (χ4n) is 3.43. The third-order valence-corrected chi connectivity index (χ3v) is 4.47. The zero-order valence-corrected chi connectivity index (χ0v) is 9.02. The highest BCUT2D eigenvalue weighted by molar-refractivity contribution is 5.83. The molecule has 0 aromatic heterocycles. The zero-order valence-electron chi connectivity index (χ0n) is 9.02. The third-order valence-electron chi connectivity index (χ3n) is 4.47. The molecule has 74 valence electrons. The van der Waals surface area contributed by atoms with Crippen LogP contribution >= 0.6 is 0 Å². The van der Waals surface area contributed by atoms with Crippen LogP contribution in [0.3, 0.4) is 0 Å². The lowest BCUT2D eigenvalue weighted by Crippen LogP contribution is -2.54. The highest BCUT2D eigenvalue weighted by Gasteiger charge is 2.57. The van der Waals surface area contributed by atoms with Crippen LogP contribution in [0.15, 0.2) is 0 Å². The van der Waals surface area contributed by atoms with Crippen LogP contribution < -0.4 is 0 Å². The monoisotopic (exact) mass is 180 g/mol. The average Bonchev–Trinajstić information content (AvgIpc) is 1.90. The number of hydrogen-bond donors (Lipinski definition) is 0. The molecule has 1 nitrogen and oxygen atoms in total. The Morgan fingerprint density at radius 2 is 2.00 bits per heavy atom. The number of Topliss-reactive ketones (excluding diaryl/α,β-unsaturated/α-hetero) is 1. The van der Waals surface area contributed by atoms with Crippen LogP contribution in [0.2, 0.25) is 0 Å². The van der Waals surface area contributed by atoms with Gasteiger partial charge in [-0.15, -0.1) is 0 Å². The number of hydrogen-bond acceptors (Lipinski definition) is 1. The quantitative estimate of drug-likeness (QED) is 0.559. The Hall–Kier alpha value is -0.330. The van der Waals surface area contributed by atoms with Crippen LogP contribution in [-0.4, -0.2) is 5.78 Å². The standard InChI is InChI=1S/C12H20O/c1-11(2,3)12-7-4-5-10(13)9(12)6-8-12/h9H,4-8H2,1-3H3/t9-,12+/m0/s1. The molecule has 0 spiro atoms. The van der Waals surface area contributed by atoms with E-state index in [2.05, 4.69) is 20.8 Å². The van der Waals surface area contributed by atoms with E-state index in [9.17, 15) is 4.79 Å². The molecule has 0 heterocycles. The minimum Gasteiger partial charge on any atom is -0.299 e. The molecule has 0 aromatic carbocycles. The molecule has 2 rings (SSSR count). The minimum atomic E-state index is 0.325. The van der Waals surface area contributed by atoms with Gasteiger partial charge in [0.15, 0.2) is 0 Å². The molecule has 2 fully saturated rings. The van der Waals surface area contributed by atoms with Crippen molar-refractivity contribution in [3.05, 3.63) is 0 Å². The normalized spacial score (nSPS) is 39.6. The highest BCUT2D eigenvalue weighted by Crippen LogP contribution is 2.62. The van der Waals surface area contributed by atoms with Crippen molar-refractivity contribution in [1.29, 1.82) is 0 Å². The average molecular weight is 180 g/mol. The van der Waals surface area contributed by atoms with Gasteiger partial charge in [0, 0.05) is 12.3 Å². The van der Waals surface area contributed by atoms with Gasteiger partial charge in [0.25, 0.3) is 0 Å². The third kappa shape index (κ3) is 1.09. The lowest BCUT2D eigenvalue weighted by Gasteiger charge is -2.59. The first-order valence-electron chi connectivity index (χ1n) is 5.50. The largest absolute Gasteiger partial charge is 0.299 e. The second kappa shape index (κ2) is 2.59. The molecule has 0 radical (unpaired) electrons. The Bertz CT molecular complexity index is 236. The SMILES string of the molecule is CC(C)(C)[C@@]12CCCC(=O)[C@@H]1CC2. The van der Waals surface area contributed by atoms with Gasteiger partial charge in [0.05, 0.1) is 0 Å². The van der Waals surface area contributed by atoms with E-state index in [0.29, 0.717) is 22.5 Å². The first-order valence-corrected chi connectivity index (χ1v) is 5.50. The van der Waals surface area contributed by atoms with Crippen LogP contribution in [0.5, 0.6) is 0 Å². The van der Waals surface area contributed by atoms with Crippen molar-refractivity contribution in [3.63, 3.8) is 0 Å². The van der Waals surface area contributed by atoms with Crippen LogP contribution in [0, 0.1) is 16.7 Å². The van der Waals surface area contributed by atoms with Gasteiger partial charge >= 0.3 is 0 Å². The van der Waals surface area contributed by atoms with Crippen molar-refractivity contribution in [3.8, 4) is 0 Å². The van der Waals surface area contributed by atoms with Gasteiger partial charge in [-0.25, -0.2) is 0 Å². The molecule has 0 N–H and O–H groups in total. The van der Waals surface area contributed by atoms with Gasteiger partial charge < -0.3 is 0 Å². The Kier molecular flexibility index (Phi) is 1.84. The van der Waals surface area contributed by atoms with Gasteiger partial charge in [0.2, 0.25) is 0 Å². The van der Waals surface area contributed by atoms with E-state index < -0.39 is 0 Å². The summed E-state index contributed by atoms with van der Waals surface area (Å²) >= 11 is 0. The molecule has 2 saturated carbocycles. The number of rotatable bonds is 0. The first kappa shape index (κ1) is 9.23. The van der Waals surface area contributed by atoms with E-state index in [1.165, 1.54) is 12.8 Å². The maximum Gasteiger partial charge on any atom is 0.136 e. The molecule has 0 amide bonds. The van der Waals surface area contributed by atoms with Crippen molar-refractivity contribution in [1.82, 2.24) is 0 Å². The first-order chi connectivity index (χ1) is 5.97. The fourth-order valence-corrected chi connectivity index (χ4v) is 3.43. The lowest BCUT2D eigenvalue weighted by molar-refractivity contribution is -0.153. The van der Waals surface area contributed by atoms with Crippen LogP contribution in [-0.2, 0) is 4.79 Å². The van der Waals surface area contributed by atoms with Gasteiger partial charge in [-0.3, -0.25) is 4.79 Å². The maximum absolute atomic E-state index is 11.7. The van der Waals surface area contributed by atoms with Gasteiger partial charge in [-0.2, -0.15) is 0 Å². The summed E-state index contributed by atoms with van der Waals surface area (Å²) < 4.78 is 0. The van der Waals surface area contributed by atoms with Crippen molar-refractivity contribution >= 4 is 5.78 Å². The van der Waals surface area contributed by atoms with Gasteiger partial charge in [-0.1, -0.05) is 20.8 Å². The van der Waals surface area contributed by atoms with Crippen LogP contribution in [0.25, 0.3) is 0 Å². The van der Waals surface area contributed by atoms with Gasteiger partial charge in [-0.05, 0) is 36.5 Å². The second-order valence-corrected chi connectivity index (χ2v) is 5.82. The molecule has 0 bridgehead atoms. The molecule has 0 aliphatic heterocycles. The molecule has 2 aliphatic carbocycles. The Morgan fingerprint density at radius 1 is 1.31 bits per heavy atom. The number of fused-ring (bicyclic) bond motifs is 1. The summed E-state index contributed by atoms with van der Waals surface area (Å²) in [5.41, 5.74) is 0.703. The molecule has 0 saturated heterocycles. The van der Waals surface area contributed by atoms with Crippen LogP contribution in [0.4, 0.5) is 0 Å². The molecule has 1 heteroatoms. The Morgan fingerprint density at radius 3 is 2.38 bits per heavy atom. The lowest BCUT2D eigenvalue weighted by atomic mass is 9.44.